The molecule has 3 aromatic rings. The molecule has 0 heterocycles. The number of rotatable bonds is 11. The molecule has 0 aromatic heterocycles. The molecule has 0 spiro atoms. The summed E-state index contributed by atoms with van der Waals surface area (Å²) in [7, 11) is -2.63. The van der Waals surface area contributed by atoms with Gasteiger partial charge < -0.3 is 15.0 Å². The van der Waals surface area contributed by atoms with Crippen molar-refractivity contribution in [3.8, 4) is 5.75 Å². The first-order chi connectivity index (χ1) is 18.0. The van der Waals surface area contributed by atoms with Crippen LogP contribution in [-0.2, 0) is 26.2 Å². The predicted octanol–water partition coefficient (Wildman–Crippen LogP) is 4.14. The standard InChI is InChI=1S/C29H35N3O5S/c1-21(2)30-29(34)23(4)31(19-24-9-7-6-8-10-24)28(33)20-32(25-13-11-22(3)12-14-25)38(35,36)27-17-15-26(37-5)16-18-27/h6-18,21,23H,19-20H2,1-5H3,(H,30,34)/t23-/m1/s1. The zero-order valence-corrected chi connectivity index (χ0v) is 23.2. The van der Waals surface area contributed by atoms with Gasteiger partial charge >= 0.3 is 0 Å². The molecule has 9 heteroatoms. The van der Waals surface area contributed by atoms with Crippen LogP contribution >= 0.6 is 0 Å². The van der Waals surface area contributed by atoms with Crippen molar-refractivity contribution in [3.63, 3.8) is 0 Å². The van der Waals surface area contributed by atoms with Crippen molar-refractivity contribution in [2.24, 2.45) is 0 Å². The van der Waals surface area contributed by atoms with Gasteiger partial charge in [-0.1, -0.05) is 48.0 Å². The van der Waals surface area contributed by atoms with Gasteiger partial charge in [-0.3, -0.25) is 13.9 Å². The molecular weight excluding hydrogens is 502 g/mol. The highest BCUT2D eigenvalue weighted by Crippen LogP contribution is 2.26. The fourth-order valence-electron chi connectivity index (χ4n) is 3.88. The molecule has 0 aliphatic carbocycles. The first kappa shape index (κ1) is 28.7. The van der Waals surface area contributed by atoms with E-state index in [-0.39, 0.29) is 23.4 Å². The highest BCUT2D eigenvalue weighted by molar-refractivity contribution is 7.92. The minimum atomic E-state index is -4.13. The van der Waals surface area contributed by atoms with Crippen molar-refractivity contribution in [2.45, 2.75) is 51.2 Å². The fourth-order valence-corrected chi connectivity index (χ4v) is 5.30. The number of benzene rings is 3. The van der Waals surface area contributed by atoms with Crippen molar-refractivity contribution in [1.82, 2.24) is 10.2 Å². The lowest BCUT2D eigenvalue weighted by molar-refractivity contribution is -0.139. The summed E-state index contributed by atoms with van der Waals surface area (Å²) in [5.74, 6) is -0.303. The smallest absolute Gasteiger partial charge is 0.264 e. The second kappa shape index (κ2) is 12.6. The Morgan fingerprint density at radius 3 is 2.05 bits per heavy atom. The van der Waals surface area contributed by atoms with Crippen LogP contribution in [0.2, 0.25) is 0 Å². The number of nitrogens with one attached hydrogen (secondary N) is 1. The van der Waals surface area contributed by atoms with Gasteiger partial charge in [0.05, 0.1) is 17.7 Å². The van der Waals surface area contributed by atoms with E-state index in [1.54, 1.807) is 43.3 Å². The van der Waals surface area contributed by atoms with Crippen LogP contribution in [-0.4, -0.2) is 50.9 Å². The first-order valence-corrected chi connectivity index (χ1v) is 13.8. The maximum Gasteiger partial charge on any atom is 0.264 e. The Hall–Kier alpha value is -3.85. The van der Waals surface area contributed by atoms with Crippen molar-refractivity contribution in [3.05, 3.63) is 90.0 Å². The largest absolute Gasteiger partial charge is 0.497 e. The normalized spacial score (nSPS) is 12.1. The van der Waals surface area contributed by atoms with Crippen LogP contribution in [0.25, 0.3) is 0 Å². The highest BCUT2D eigenvalue weighted by Gasteiger charge is 2.32. The zero-order chi connectivity index (χ0) is 27.9. The average Bonchev–Trinajstić information content (AvgIpc) is 2.90. The fraction of sp³-hybridized carbons (Fsp3) is 0.310. The Bertz CT molecular complexity index is 1320. The van der Waals surface area contributed by atoms with E-state index >= 15 is 0 Å². The van der Waals surface area contributed by atoms with E-state index in [2.05, 4.69) is 5.32 Å². The number of carbonyl (C=O) groups excluding carboxylic acids is 2. The minimum absolute atomic E-state index is 0.0203. The number of methoxy groups -OCH3 is 1. The van der Waals surface area contributed by atoms with Crippen molar-refractivity contribution in [1.29, 1.82) is 0 Å². The third kappa shape index (κ3) is 7.13. The van der Waals surface area contributed by atoms with Crippen molar-refractivity contribution in [2.75, 3.05) is 18.0 Å². The number of sulfonamides is 1. The molecule has 0 unspecified atom stereocenters. The van der Waals surface area contributed by atoms with E-state index in [0.717, 1.165) is 15.4 Å². The van der Waals surface area contributed by atoms with Crippen LogP contribution in [0, 0.1) is 6.92 Å². The molecule has 1 atom stereocenters. The average molecular weight is 538 g/mol. The molecule has 0 radical (unpaired) electrons. The molecule has 0 saturated carbocycles. The molecule has 202 valence electrons. The second-order valence-electron chi connectivity index (χ2n) is 9.37. The summed E-state index contributed by atoms with van der Waals surface area (Å²) in [6.45, 7) is 6.89. The Morgan fingerprint density at radius 1 is 0.895 bits per heavy atom. The Labute approximate surface area is 225 Å². The Kier molecular flexibility index (Phi) is 9.52. The SMILES string of the molecule is COc1ccc(S(=O)(=O)N(CC(=O)N(Cc2ccccc2)[C@H](C)C(=O)NC(C)C)c2ccc(C)cc2)cc1. The molecular formula is C29H35N3O5S. The lowest BCUT2D eigenvalue weighted by Gasteiger charge is -2.32. The number of carbonyl (C=O) groups is 2. The predicted molar refractivity (Wildman–Crippen MR) is 148 cm³/mol. The lowest BCUT2D eigenvalue weighted by atomic mass is 10.1. The van der Waals surface area contributed by atoms with E-state index in [1.165, 1.54) is 24.1 Å². The minimum Gasteiger partial charge on any atom is -0.497 e. The molecule has 0 aliphatic rings. The summed E-state index contributed by atoms with van der Waals surface area (Å²) in [5, 5.41) is 2.85. The zero-order valence-electron chi connectivity index (χ0n) is 22.4. The number of hydrogen-bond acceptors (Lipinski definition) is 5. The molecule has 0 saturated heterocycles. The molecule has 0 bridgehead atoms. The van der Waals surface area contributed by atoms with Gasteiger partial charge in [-0.05, 0) is 69.7 Å². The quantitative estimate of drug-likeness (QED) is 0.397. The van der Waals surface area contributed by atoms with E-state index < -0.39 is 28.5 Å². The summed E-state index contributed by atoms with van der Waals surface area (Å²) in [4.78, 5) is 28.2. The van der Waals surface area contributed by atoms with Crippen LogP contribution in [0.3, 0.4) is 0 Å². The van der Waals surface area contributed by atoms with Gasteiger partial charge in [0.25, 0.3) is 10.0 Å². The maximum absolute atomic E-state index is 13.8. The van der Waals surface area contributed by atoms with Crippen LogP contribution in [0.1, 0.15) is 31.9 Å². The highest BCUT2D eigenvalue weighted by atomic mass is 32.2. The van der Waals surface area contributed by atoms with Crippen molar-refractivity contribution < 1.29 is 22.7 Å². The molecule has 38 heavy (non-hydrogen) atoms. The van der Waals surface area contributed by atoms with Gasteiger partial charge in [-0.2, -0.15) is 0 Å². The number of hydrogen-bond donors (Lipinski definition) is 1. The van der Waals surface area contributed by atoms with Crippen LogP contribution in [0.4, 0.5) is 5.69 Å². The number of amides is 2. The Morgan fingerprint density at radius 2 is 1.50 bits per heavy atom. The van der Waals surface area contributed by atoms with Crippen molar-refractivity contribution >= 4 is 27.5 Å². The summed E-state index contributed by atoms with van der Waals surface area (Å²) >= 11 is 0. The van der Waals surface area contributed by atoms with Gasteiger partial charge in [0, 0.05) is 12.6 Å². The van der Waals surface area contributed by atoms with Crippen LogP contribution < -0.4 is 14.4 Å². The molecule has 0 fully saturated rings. The van der Waals surface area contributed by atoms with Crippen LogP contribution in [0.15, 0.2) is 83.8 Å². The number of anilines is 1. The monoisotopic (exact) mass is 537 g/mol. The third-order valence-electron chi connectivity index (χ3n) is 6.04. The van der Waals surface area contributed by atoms with E-state index in [0.29, 0.717) is 11.4 Å². The number of ether oxygens (including phenoxy) is 1. The summed E-state index contributed by atoms with van der Waals surface area (Å²) in [6.07, 6.45) is 0. The summed E-state index contributed by atoms with van der Waals surface area (Å²) < 4.78 is 33.9. The van der Waals surface area contributed by atoms with E-state index in [1.807, 2.05) is 51.1 Å². The molecule has 3 rings (SSSR count). The topological polar surface area (TPSA) is 96.0 Å². The first-order valence-electron chi connectivity index (χ1n) is 12.4. The van der Waals surface area contributed by atoms with Gasteiger partial charge in [-0.25, -0.2) is 8.42 Å². The van der Waals surface area contributed by atoms with Gasteiger partial charge in [0.1, 0.15) is 18.3 Å². The second-order valence-corrected chi connectivity index (χ2v) is 11.2. The van der Waals surface area contributed by atoms with E-state index in [9.17, 15) is 18.0 Å². The maximum atomic E-state index is 13.8. The molecule has 8 nitrogen and oxygen atoms in total. The number of nitrogens with zero attached hydrogens (tertiary/aromatic N) is 2. The van der Waals surface area contributed by atoms with Gasteiger partial charge in [0.2, 0.25) is 11.8 Å². The van der Waals surface area contributed by atoms with Gasteiger partial charge in [0.15, 0.2) is 0 Å². The molecule has 2 amide bonds. The summed E-state index contributed by atoms with van der Waals surface area (Å²) in [6, 6.07) is 21.3. The molecule has 3 aromatic carbocycles. The third-order valence-corrected chi connectivity index (χ3v) is 7.83. The van der Waals surface area contributed by atoms with E-state index in [4.69, 9.17) is 4.74 Å². The number of aryl methyl sites for hydroxylation is 1. The molecule has 0 aliphatic heterocycles. The summed E-state index contributed by atoms with van der Waals surface area (Å²) in [5.41, 5.74) is 2.12. The van der Waals surface area contributed by atoms with Gasteiger partial charge in [-0.15, -0.1) is 0 Å². The van der Waals surface area contributed by atoms with Crippen LogP contribution in [0.5, 0.6) is 5.75 Å². The lowest BCUT2D eigenvalue weighted by Crippen LogP contribution is -2.52. The molecule has 1 N–H and O–H groups in total. The Balaban J connectivity index is 2.01.